The number of nitrogens with one attached hydrogen (secondary N) is 5. The summed E-state index contributed by atoms with van der Waals surface area (Å²) < 4.78 is 108. The molecule has 34 nitrogen and oxygen atoms in total. The average molecular weight is 2220 g/mol. The molecule has 0 aliphatic carbocycles. The Balaban J connectivity index is 0.000000356. The van der Waals surface area contributed by atoms with Crippen LogP contribution < -0.4 is 47.3 Å². The number of sulfonamides is 1. The van der Waals surface area contributed by atoms with E-state index >= 15 is 0 Å². The number of benzene rings is 10. The fourth-order valence-corrected chi connectivity index (χ4v) is 16.5. The van der Waals surface area contributed by atoms with Crippen molar-refractivity contribution in [2.75, 3.05) is 182 Å². The van der Waals surface area contributed by atoms with Crippen LogP contribution >= 0.6 is 30.4 Å². The Morgan fingerprint density at radius 3 is 1.03 bits per heavy atom. The SMILES string of the molecule is C.C1COCCN1.CC(C)(C)OC(=O)Nc1ccc(C=O)cc1.CC(C)(C)OC(=O)Nc1ccc(CN2CCOCC2)cc1.CC(C)(C)OC(=O)Nc1ccc(CO)cc1.CC(C)(C)OC(=O)OC(=O)OC(C)(C)C.CN(C)c1cccc2c(CS(=O)(=O)I)cccc12.CN(C)c1cccc2c(S(=O)(=O)Nc3ccc(CN4CCOCC4)cc3)cccc12.Nc1ccc(CN2CCOCC2)cc1.Nc1ccc(CO)cc1.[2H]PC. The molecule has 4 fully saturated rings. The molecule has 14 rings (SSSR count). The van der Waals surface area contributed by atoms with Gasteiger partial charge in [0.1, 0.15) is 34.3 Å². The Hall–Kier alpha value is -11.4. The summed E-state index contributed by atoms with van der Waals surface area (Å²) in [5.41, 5.74) is 21.1. The van der Waals surface area contributed by atoms with Crippen molar-refractivity contribution in [3.63, 3.8) is 0 Å². The maximum absolute atomic E-state index is 13.2. The zero-order valence-electron chi connectivity index (χ0n) is 89.6. The molecule has 0 aromatic heterocycles. The highest BCUT2D eigenvalue weighted by Crippen LogP contribution is 2.34. The van der Waals surface area contributed by atoms with Crippen LogP contribution in [0.15, 0.2) is 223 Å². The molecular weight excluding hydrogens is 2060 g/mol. The third kappa shape index (κ3) is 54.7. The fourth-order valence-electron chi connectivity index (χ4n) is 13.6. The Morgan fingerprint density at radius 1 is 0.426 bits per heavy atom. The minimum absolute atomic E-state index is 0. The topological polar surface area (TPSA) is 432 Å². The highest BCUT2D eigenvalue weighted by atomic mass is 127. The first kappa shape index (κ1) is 127. The Bertz CT molecular complexity index is 5840. The van der Waals surface area contributed by atoms with Crippen LogP contribution in [0.3, 0.4) is 0 Å². The van der Waals surface area contributed by atoms with Gasteiger partial charge in [0.05, 0.1) is 99.2 Å². The zero-order valence-corrected chi connectivity index (χ0v) is 93.4. The van der Waals surface area contributed by atoms with Crippen LogP contribution in [-0.4, -0.2) is 248 Å². The van der Waals surface area contributed by atoms with Crippen molar-refractivity contribution >= 4 is 151 Å². The first-order valence-electron chi connectivity index (χ1n) is 48.6. The number of aldehydes is 1. The van der Waals surface area contributed by atoms with Crippen molar-refractivity contribution in [1.82, 2.24) is 20.0 Å². The van der Waals surface area contributed by atoms with Crippen LogP contribution in [0.5, 0.6) is 0 Å². The Labute approximate surface area is 892 Å². The lowest BCUT2D eigenvalue weighted by molar-refractivity contribution is -0.0295. The number of fused-ring (bicyclic) bond motifs is 2. The molecule has 0 bridgehead atoms. The lowest BCUT2D eigenvalue weighted by Gasteiger charge is -2.26. The highest BCUT2D eigenvalue weighted by molar-refractivity contribution is 14.2. The van der Waals surface area contributed by atoms with E-state index in [0.29, 0.717) is 37.2 Å². The molecule has 3 amide bonds. The van der Waals surface area contributed by atoms with Crippen molar-refractivity contribution in [2.45, 2.75) is 183 Å². The van der Waals surface area contributed by atoms with Crippen molar-refractivity contribution in [1.29, 1.82) is 1.28 Å². The van der Waals surface area contributed by atoms with Crippen molar-refractivity contribution < 1.29 is 103 Å². The quantitative estimate of drug-likeness (QED) is 0.00530. The van der Waals surface area contributed by atoms with E-state index in [1.807, 2.05) is 187 Å². The minimum atomic E-state index is -3.72. The van der Waals surface area contributed by atoms with Crippen molar-refractivity contribution in [2.24, 2.45) is 0 Å². The number of carbonyl (C=O) groups excluding carboxylic acids is 6. The van der Waals surface area contributed by atoms with Crippen molar-refractivity contribution in [3.8, 4) is 0 Å². The molecule has 4 aliphatic heterocycles. The number of morpholine rings is 4. The molecule has 1 unspecified atom stereocenters. The number of anilines is 8. The van der Waals surface area contributed by atoms with Crippen LogP contribution in [0.25, 0.3) is 21.5 Å². The van der Waals surface area contributed by atoms with Gasteiger partial charge >= 0.3 is 30.6 Å². The Kier molecular flexibility index (Phi) is 55.7. The standard InChI is InChI=1S/C23H27N3O3S.C16H24N2O3.C13H14INO2S.C12H17NO3.C12H15NO3.C11H16N2O.C10H18O5.C7H9NO.C4H9NO.CH5P.CH4/c1-25(2)22-7-3-6-21-20(22)5-4-8-23(21)30(27,28)24-19-11-9-18(10-12-19)17-26-13-15-29-16-14-26;1-16(2,3)21-15(19)17-14-6-4-13(5-7-14)12-18-8-10-20-11-9-18;1-15(2)13-8-4-6-11-10(9-18(14,16)17)5-3-7-12(11)13;2*1-12(2,3)16-11(15)13-10-6-4-9(8-14)5-7-10;12-11-3-1-10(2-4-11)9-13-5-7-14-8-6-13;1-9(2,3)14-7(11)13-8(12)15-10(4,5)6;8-7-3-1-6(5-9)2-4-7;1-3-6-4-2-5-1;1-2;/h3-12,24H,13-17H2,1-2H3;4-7H,8-12H2,1-3H3,(H,17,19);3-8H,9H2,1-2H3;4-7,14H,8H2,1-3H3,(H,13,15);4-8H,1-3H3,(H,13,15);1-4H,5-9,12H2;1-6H3;1-4,9H,5,8H2;5H,1-4H2;2H2,1H3;1H4/i;;;;;;;;;2D;. The lowest BCUT2D eigenvalue weighted by Crippen LogP contribution is -2.35. The summed E-state index contributed by atoms with van der Waals surface area (Å²) in [5.74, 6) is 0.0712. The summed E-state index contributed by atoms with van der Waals surface area (Å²) >= 11 is 1.50. The number of carbonyl (C=O) groups is 6. The summed E-state index contributed by atoms with van der Waals surface area (Å²) in [6.07, 6.45) is -2.79. The summed E-state index contributed by atoms with van der Waals surface area (Å²) in [6, 6.07) is 67.0. The fraction of sp³-hybridized carbons (Fsp3) is 0.436. The number of nitrogens with two attached hydrogens (primary N) is 2. The lowest BCUT2D eigenvalue weighted by atomic mass is 10.0. The number of amides is 3. The summed E-state index contributed by atoms with van der Waals surface area (Å²) in [5, 5.41) is 32.2. The largest absolute Gasteiger partial charge is 0.519 e. The molecule has 38 heteroatoms. The molecule has 10 aromatic rings. The number of rotatable bonds is 19. The molecule has 148 heavy (non-hydrogen) atoms. The van der Waals surface area contributed by atoms with Gasteiger partial charge < -0.3 is 84.2 Å². The number of nitrogen functional groups attached to an aromatic ring is 2. The average Bonchev–Trinajstić information content (AvgIpc) is 0.771. The van der Waals surface area contributed by atoms with Crippen LogP contribution in [0, 0.1) is 0 Å². The van der Waals surface area contributed by atoms with E-state index in [2.05, 4.69) is 57.6 Å². The maximum atomic E-state index is 13.2. The molecule has 0 radical (unpaired) electrons. The predicted octanol–water partition coefficient (Wildman–Crippen LogP) is 20.4. The van der Waals surface area contributed by atoms with Gasteiger partial charge in [-0.1, -0.05) is 129 Å². The second-order valence-corrected chi connectivity index (χ2v) is 46.1. The number of ether oxygens (including phenoxy) is 10. The van der Waals surface area contributed by atoms with E-state index in [0.717, 1.165) is 198 Å². The molecule has 1 atom stereocenters. The first-order valence-corrected chi connectivity index (χ1v) is 54.8. The van der Waals surface area contributed by atoms with E-state index in [4.69, 9.17) is 65.6 Å². The second-order valence-electron chi connectivity index (χ2n) is 39.1. The zero-order chi connectivity index (χ0) is 110. The Morgan fingerprint density at radius 2 is 0.716 bits per heavy atom. The molecule has 4 heterocycles. The number of aliphatic hydroxyl groups is 2. The van der Waals surface area contributed by atoms with Gasteiger partial charge in [0.15, 0.2) is 0 Å². The van der Waals surface area contributed by atoms with Gasteiger partial charge in [-0.15, -0.1) is 9.18 Å². The maximum Gasteiger partial charge on any atom is 0.519 e. The van der Waals surface area contributed by atoms with Crippen LogP contribution in [-0.2, 0) is 103 Å². The molecule has 11 N–H and O–H groups in total. The molecule has 814 valence electrons. The molecule has 0 spiro atoms. The summed E-state index contributed by atoms with van der Waals surface area (Å²) in [6.45, 7) is 45.5. The van der Waals surface area contributed by atoms with Crippen molar-refractivity contribution in [3.05, 3.63) is 257 Å². The molecule has 4 saturated heterocycles. The van der Waals surface area contributed by atoms with E-state index in [1.165, 1.54) is 32.3 Å². The van der Waals surface area contributed by atoms with E-state index in [9.17, 15) is 45.6 Å². The highest BCUT2D eigenvalue weighted by Gasteiger charge is 2.27. The second kappa shape index (κ2) is 64.9. The van der Waals surface area contributed by atoms with Gasteiger partial charge in [-0.25, -0.2) is 40.8 Å². The predicted molar refractivity (Wildman–Crippen MR) is 606 cm³/mol. The molecule has 0 saturated carbocycles. The molecule has 10 aromatic carbocycles. The molecule has 4 aliphatic rings. The first-order chi connectivity index (χ1) is 69.6. The van der Waals surface area contributed by atoms with Crippen LogP contribution in [0.1, 0.15) is 155 Å². The molecular formula is C110H158IN12O22PS2. The van der Waals surface area contributed by atoms with Gasteiger partial charge in [0.25, 0.3) is 10.0 Å². The van der Waals surface area contributed by atoms with Gasteiger partial charge in [-0.3, -0.25) is 40.2 Å². The van der Waals surface area contributed by atoms with Crippen LogP contribution in [0.4, 0.5) is 69.5 Å². The third-order valence-electron chi connectivity index (χ3n) is 20.2. The number of hydrogen-bond acceptors (Lipinski definition) is 30. The van der Waals surface area contributed by atoms with E-state index < -0.39 is 75.6 Å². The number of nitrogens with zero attached hydrogens (tertiary/aromatic N) is 5. The van der Waals surface area contributed by atoms with Crippen LogP contribution in [0.2, 0.25) is 0 Å². The summed E-state index contributed by atoms with van der Waals surface area (Å²) in [7, 11) is 1.44. The van der Waals surface area contributed by atoms with Gasteiger partial charge in [-0.2, -0.15) is 0 Å². The minimum Gasteiger partial charge on any atom is -0.444 e. The monoisotopic (exact) mass is 2220 g/mol. The number of hydrogen-bond donors (Lipinski definition) is 9. The number of halogens is 1. The van der Waals surface area contributed by atoms with Gasteiger partial charge in [-0.05, 0) is 246 Å². The van der Waals surface area contributed by atoms with E-state index in [-0.39, 0.29) is 31.3 Å². The van der Waals surface area contributed by atoms with Gasteiger partial charge in [0, 0.05) is 167 Å². The van der Waals surface area contributed by atoms with E-state index in [1.54, 1.807) is 168 Å². The summed E-state index contributed by atoms with van der Waals surface area (Å²) in [4.78, 5) is 78.3. The smallest absolute Gasteiger partial charge is 0.444 e. The number of aliphatic hydroxyl groups excluding tert-OH is 2. The third-order valence-corrected chi connectivity index (χ3v) is 23.2. The van der Waals surface area contributed by atoms with Gasteiger partial charge in [0.2, 0.25) is 7.01 Å². The normalized spacial score (nSPS) is 13.9.